The highest BCUT2D eigenvalue weighted by Crippen LogP contribution is 2.68. The van der Waals surface area contributed by atoms with Crippen molar-refractivity contribution in [1.82, 2.24) is 5.32 Å². The Morgan fingerprint density at radius 2 is 1.66 bits per heavy atom. The second kappa shape index (κ2) is 10.3. The minimum Gasteiger partial charge on any atom is -0.480 e. The maximum atomic E-state index is 12.6. The maximum absolute atomic E-state index is 12.6. The van der Waals surface area contributed by atoms with E-state index in [4.69, 9.17) is 0 Å². The molecule has 5 nitrogen and oxygen atoms in total. The van der Waals surface area contributed by atoms with Crippen LogP contribution in [0.25, 0.3) is 0 Å². The molecule has 1 unspecified atom stereocenters. The van der Waals surface area contributed by atoms with Crippen LogP contribution in [0.3, 0.4) is 0 Å². The summed E-state index contributed by atoms with van der Waals surface area (Å²) >= 11 is 0. The standard InChI is InChI=1S/C30H51NO4/c1-6-18(2)27(28(34)35)31-26(33)12-7-19(3)23-10-11-24-22-9-8-20-17-21(32)13-15-29(20,4)25(22)14-16-30(23,24)5/h18-25,27,32H,6-17H2,1-5H3,(H,31,33)(H,34,35)/t18-,19?,20-,21-,22+,23-,24+,25+,27+,29+,30-/m1/s1. The van der Waals surface area contributed by atoms with E-state index in [0.717, 1.165) is 43.4 Å². The van der Waals surface area contributed by atoms with Gasteiger partial charge in [0.2, 0.25) is 5.91 Å². The van der Waals surface area contributed by atoms with Crippen LogP contribution in [0.4, 0.5) is 0 Å². The summed E-state index contributed by atoms with van der Waals surface area (Å²) in [6.45, 7) is 11.3. The van der Waals surface area contributed by atoms with Crippen molar-refractivity contribution in [1.29, 1.82) is 0 Å². The highest BCUT2D eigenvalue weighted by Gasteiger charge is 2.60. The van der Waals surface area contributed by atoms with Crippen LogP contribution in [0, 0.1) is 52.3 Å². The molecule has 3 N–H and O–H groups in total. The second-order valence-corrected chi connectivity index (χ2v) is 13.6. The second-order valence-electron chi connectivity index (χ2n) is 13.6. The van der Waals surface area contributed by atoms with Gasteiger partial charge in [-0.05, 0) is 116 Å². The van der Waals surface area contributed by atoms with E-state index in [1.807, 2.05) is 13.8 Å². The summed E-state index contributed by atoms with van der Waals surface area (Å²) in [5.41, 5.74) is 0.788. The van der Waals surface area contributed by atoms with Gasteiger partial charge in [-0.2, -0.15) is 0 Å². The number of hydrogen-bond donors (Lipinski definition) is 3. The van der Waals surface area contributed by atoms with Crippen molar-refractivity contribution in [2.24, 2.45) is 52.3 Å². The molecule has 0 aromatic heterocycles. The fourth-order valence-corrected chi connectivity index (χ4v) is 9.70. The average Bonchev–Trinajstić information content (AvgIpc) is 3.18. The normalized spacial score (nSPS) is 43.3. The van der Waals surface area contributed by atoms with Crippen LogP contribution in [0.5, 0.6) is 0 Å². The van der Waals surface area contributed by atoms with E-state index in [0.29, 0.717) is 35.0 Å². The third kappa shape index (κ3) is 4.92. The number of aliphatic hydroxyl groups excluding tert-OH is 1. The Labute approximate surface area is 213 Å². The number of hydrogen-bond acceptors (Lipinski definition) is 3. The molecular weight excluding hydrogens is 438 g/mol. The largest absolute Gasteiger partial charge is 0.480 e. The van der Waals surface area contributed by atoms with Crippen LogP contribution in [0.2, 0.25) is 0 Å². The highest BCUT2D eigenvalue weighted by atomic mass is 16.4. The summed E-state index contributed by atoms with van der Waals surface area (Å²) in [4.78, 5) is 24.2. The maximum Gasteiger partial charge on any atom is 0.326 e. The Morgan fingerprint density at radius 3 is 2.34 bits per heavy atom. The van der Waals surface area contributed by atoms with Gasteiger partial charge < -0.3 is 15.5 Å². The fraction of sp³-hybridized carbons (Fsp3) is 0.933. The van der Waals surface area contributed by atoms with Gasteiger partial charge in [0, 0.05) is 6.42 Å². The van der Waals surface area contributed by atoms with Gasteiger partial charge in [-0.25, -0.2) is 4.79 Å². The number of aliphatic carboxylic acids is 1. The van der Waals surface area contributed by atoms with E-state index in [9.17, 15) is 19.8 Å². The van der Waals surface area contributed by atoms with E-state index in [2.05, 4.69) is 26.1 Å². The number of carbonyl (C=O) groups excluding carboxylic acids is 1. The average molecular weight is 490 g/mol. The SMILES string of the molecule is CC[C@@H](C)[C@H](NC(=O)CCC(C)[C@H]1CC[C@H]2[C@@H]3CC[C@@H]4C[C@H](O)CC[C@]4(C)[C@H]3CC[C@]12C)C(=O)O. The first-order chi connectivity index (χ1) is 16.5. The molecule has 0 radical (unpaired) electrons. The van der Waals surface area contributed by atoms with Crippen LogP contribution in [0.1, 0.15) is 112 Å². The van der Waals surface area contributed by atoms with Crippen LogP contribution in [-0.4, -0.2) is 34.2 Å². The Morgan fingerprint density at radius 1 is 0.971 bits per heavy atom. The highest BCUT2D eigenvalue weighted by molar-refractivity contribution is 5.83. The van der Waals surface area contributed by atoms with E-state index in [-0.39, 0.29) is 17.9 Å². The molecule has 4 aliphatic rings. The Kier molecular flexibility index (Phi) is 7.96. The van der Waals surface area contributed by atoms with Crippen LogP contribution in [0.15, 0.2) is 0 Å². The van der Waals surface area contributed by atoms with Crippen molar-refractivity contribution in [3.8, 4) is 0 Å². The van der Waals surface area contributed by atoms with Gasteiger partial charge in [-0.3, -0.25) is 4.79 Å². The lowest BCUT2D eigenvalue weighted by Gasteiger charge is -2.61. The minimum atomic E-state index is -0.931. The quantitative estimate of drug-likeness (QED) is 0.388. The molecule has 0 aromatic rings. The van der Waals surface area contributed by atoms with Gasteiger partial charge in [0.05, 0.1) is 6.10 Å². The molecule has 0 aromatic carbocycles. The number of nitrogens with one attached hydrogen (secondary N) is 1. The Balaban J connectivity index is 1.37. The summed E-state index contributed by atoms with van der Waals surface area (Å²) in [6.07, 6.45) is 13.0. The van der Waals surface area contributed by atoms with Crippen molar-refractivity contribution in [3.63, 3.8) is 0 Å². The van der Waals surface area contributed by atoms with Crippen molar-refractivity contribution in [2.75, 3.05) is 0 Å². The monoisotopic (exact) mass is 489 g/mol. The summed E-state index contributed by atoms with van der Waals surface area (Å²) in [7, 11) is 0. The number of carbonyl (C=O) groups is 2. The molecule has 5 heteroatoms. The first-order valence-corrected chi connectivity index (χ1v) is 14.7. The van der Waals surface area contributed by atoms with Gasteiger partial charge in [0.15, 0.2) is 0 Å². The number of aliphatic hydroxyl groups is 1. The molecule has 0 heterocycles. The molecule has 1 amide bonds. The number of carboxylic acid groups (broad SMARTS) is 1. The van der Waals surface area contributed by atoms with Crippen molar-refractivity contribution in [3.05, 3.63) is 0 Å². The van der Waals surface area contributed by atoms with Crippen molar-refractivity contribution < 1.29 is 19.8 Å². The van der Waals surface area contributed by atoms with E-state index >= 15 is 0 Å². The van der Waals surface area contributed by atoms with Crippen LogP contribution in [-0.2, 0) is 9.59 Å². The summed E-state index contributed by atoms with van der Waals surface area (Å²) < 4.78 is 0. The lowest BCUT2D eigenvalue weighted by atomic mass is 9.44. The molecule has 0 aliphatic heterocycles. The van der Waals surface area contributed by atoms with Crippen molar-refractivity contribution >= 4 is 11.9 Å². The first kappa shape index (κ1) is 26.9. The van der Waals surface area contributed by atoms with Gasteiger partial charge in [0.25, 0.3) is 0 Å². The lowest BCUT2D eigenvalue weighted by molar-refractivity contribution is -0.143. The molecule has 4 fully saturated rings. The zero-order valence-corrected chi connectivity index (χ0v) is 22.9. The minimum absolute atomic E-state index is 0.0667. The third-order valence-corrected chi connectivity index (χ3v) is 12.0. The molecule has 0 spiro atoms. The molecule has 4 rings (SSSR count). The smallest absolute Gasteiger partial charge is 0.326 e. The number of carboxylic acids is 1. The van der Waals surface area contributed by atoms with Gasteiger partial charge in [-0.15, -0.1) is 0 Å². The topological polar surface area (TPSA) is 86.6 Å². The predicted octanol–water partition coefficient (Wildman–Crippen LogP) is 6.04. The zero-order valence-electron chi connectivity index (χ0n) is 22.9. The molecule has 4 saturated carbocycles. The Bertz CT molecular complexity index is 784. The molecule has 0 bridgehead atoms. The molecule has 11 atom stereocenters. The third-order valence-electron chi connectivity index (χ3n) is 12.0. The molecule has 4 aliphatic carbocycles. The predicted molar refractivity (Wildman–Crippen MR) is 139 cm³/mol. The van der Waals surface area contributed by atoms with E-state index in [1.54, 1.807) is 0 Å². The molecule has 0 saturated heterocycles. The Hall–Kier alpha value is -1.10. The van der Waals surface area contributed by atoms with Crippen LogP contribution >= 0.6 is 0 Å². The number of rotatable bonds is 8. The zero-order chi connectivity index (χ0) is 25.5. The summed E-state index contributed by atoms with van der Waals surface area (Å²) in [5, 5.41) is 22.6. The molecule has 200 valence electrons. The molecule has 35 heavy (non-hydrogen) atoms. The fourth-order valence-electron chi connectivity index (χ4n) is 9.70. The number of amides is 1. The van der Waals surface area contributed by atoms with Gasteiger partial charge in [0.1, 0.15) is 6.04 Å². The van der Waals surface area contributed by atoms with Gasteiger partial charge >= 0.3 is 5.97 Å². The summed E-state index contributed by atoms with van der Waals surface area (Å²) in [5.74, 6) is 3.19. The van der Waals surface area contributed by atoms with E-state index in [1.165, 1.54) is 44.9 Å². The lowest BCUT2D eigenvalue weighted by Crippen LogP contribution is -2.54. The number of fused-ring (bicyclic) bond motifs is 5. The summed E-state index contributed by atoms with van der Waals surface area (Å²) in [6, 6.07) is -0.788. The van der Waals surface area contributed by atoms with Gasteiger partial charge in [-0.1, -0.05) is 41.0 Å². The van der Waals surface area contributed by atoms with Crippen LogP contribution < -0.4 is 5.32 Å². The van der Waals surface area contributed by atoms with E-state index < -0.39 is 12.0 Å². The molecular formula is C30H51NO4. The first-order valence-electron chi connectivity index (χ1n) is 14.7. The van der Waals surface area contributed by atoms with Crippen molar-refractivity contribution in [2.45, 2.75) is 124 Å².